The van der Waals surface area contributed by atoms with Crippen molar-refractivity contribution in [1.29, 1.82) is 0 Å². The standard InChI is InChI=1S/C79H101B2N6O17PSi2/c1-49-53(5)97-64(46-93-55(7)89)72(70(49)94-44-56-32-20-14-21-33-56)104-75-66(84-86-82)51(3)68(65(99-75)48-96-107(79(11,12)13,60-40-28-18-29-41-60)61-42-30-19-31-43-61)103-77-71(101-74(90)57-34-22-15-23-35-57)52(4)69(63(100-77)45-92-54(6)88)102-76-67(85-87-83)73(105-81-80-91)50(2)62(98-76)47-95-106(78(8,9)10,58-36-24-16-25-37-58)59-38-26-17-27-39-59/h14-43,49-53,62-73,75-77,81,105H,44-48H2,1-13H3/t49-,50-,51-,52+,53?,62?,63?,64?,65?,66?,67?,68+,69+,70?,71?,72?,73+,75+,76+,77+/m1/s1. The molecule has 0 amide bonds. The van der Waals surface area contributed by atoms with Crippen LogP contribution < -0.4 is 20.7 Å². The zero-order valence-corrected chi connectivity index (χ0v) is 66.3. The Morgan fingerprint density at radius 3 is 1.36 bits per heavy atom. The second-order valence-electron chi connectivity index (χ2n) is 30.3. The average molecular weight is 1520 g/mol. The topological polar surface area (TPSA) is 286 Å². The van der Waals surface area contributed by atoms with Gasteiger partial charge in [-0.2, -0.15) is 0 Å². The summed E-state index contributed by atoms with van der Waals surface area (Å²) in [5.41, 5.74) is 21.8. The van der Waals surface area contributed by atoms with E-state index in [0.29, 0.717) is 0 Å². The molecule has 4 aliphatic rings. The number of carbonyl (C=O) groups excluding carboxylic acids is 3. The number of esters is 3. The van der Waals surface area contributed by atoms with Gasteiger partial charge in [-0.15, -0.1) is 0 Å². The SMILES string of the molecule is CC(=O)OCC1OC(C)[C@@H](C)C(OCc2ccccc2)C1O[C@@H]1OC(CO[Si](c2ccccc2)(c2ccccc2)C(C)(C)C)[C@@H](O[C@@H]2OC(COC(C)=O)[C@@H](O[C@@H]3OC(CO[Si](c4ccccc4)(c4ccccc4)C(C)(C)C)[C@@H](C)[C@H](PBB=O)C3N=[N+]=[N-])[C@H](C)C2OC(=O)c2ccccc2)[C@H](C)C1N=[N+]=[N-]. The summed E-state index contributed by atoms with van der Waals surface area (Å²) in [5.74, 6) is -4.40. The molecule has 0 saturated carbocycles. The first-order valence-corrected chi connectivity index (χ1v) is 42.0. The van der Waals surface area contributed by atoms with Crippen LogP contribution in [0.3, 0.4) is 0 Å². The van der Waals surface area contributed by atoms with Crippen molar-refractivity contribution in [2.75, 3.05) is 26.4 Å². The van der Waals surface area contributed by atoms with Crippen LogP contribution in [0.15, 0.2) is 192 Å². The number of benzene rings is 6. The maximum absolute atomic E-state index is 14.9. The van der Waals surface area contributed by atoms with Crippen molar-refractivity contribution in [3.63, 3.8) is 0 Å². The Kier molecular flexibility index (Phi) is 28.8. The van der Waals surface area contributed by atoms with Crippen LogP contribution in [-0.4, -0.2) is 173 Å². The van der Waals surface area contributed by atoms with E-state index in [2.05, 4.69) is 110 Å². The number of hydrogen-bond donors (Lipinski definition) is 0. The van der Waals surface area contributed by atoms with Crippen LogP contribution >= 0.6 is 8.46 Å². The molecule has 0 bridgehead atoms. The molecule has 11 unspecified atom stereocenters. The maximum atomic E-state index is 14.9. The molecule has 6 aromatic rings. The van der Waals surface area contributed by atoms with Crippen molar-refractivity contribution >= 4 is 77.7 Å². The van der Waals surface area contributed by atoms with Gasteiger partial charge in [-0.3, -0.25) is 4.79 Å². The summed E-state index contributed by atoms with van der Waals surface area (Å²) in [6, 6.07) is 56.5. The Bertz CT molecular complexity index is 3880. The zero-order chi connectivity index (χ0) is 76.6. The van der Waals surface area contributed by atoms with Crippen LogP contribution in [0.5, 0.6) is 0 Å². The molecule has 0 aromatic heterocycles. The number of carbonyl (C=O) groups is 3. The Balaban J connectivity index is 1.07. The van der Waals surface area contributed by atoms with Gasteiger partial charge >= 0.3 is 314 Å². The molecule has 0 aliphatic carbocycles. The number of azide groups is 2. The van der Waals surface area contributed by atoms with E-state index in [1.165, 1.54) is 13.8 Å². The Labute approximate surface area is 633 Å². The molecule has 0 N–H and O–H groups in total. The van der Waals surface area contributed by atoms with Gasteiger partial charge in [0.15, 0.2) is 6.29 Å². The second-order valence-corrected chi connectivity index (χ2v) is 40.4. The van der Waals surface area contributed by atoms with Crippen LogP contribution in [0.2, 0.25) is 10.1 Å². The average Bonchev–Trinajstić information content (AvgIpc) is 0.742. The summed E-state index contributed by atoms with van der Waals surface area (Å²) in [7, 11) is -5.85. The molecule has 10 rings (SSSR count). The van der Waals surface area contributed by atoms with Gasteiger partial charge in [0.05, 0.1) is 31.5 Å². The van der Waals surface area contributed by atoms with E-state index < -0.39 is 161 Å². The van der Waals surface area contributed by atoms with E-state index in [0.717, 1.165) is 33.4 Å². The fraction of sp³-hybridized carbons (Fsp3) is 0.506. The number of nitrogens with zero attached hydrogens (tertiary/aromatic N) is 6. The molecule has 4 aliphatic heterocycles. The number of hydrogen-bond acceptors (Lipinski definition) is 19. The van der Waals surface area contributed by atoms with Gasteiger partial charge in [0.2, 0.25) is 0 Å². The Morgan fingerprint density at radius 1 is 0.486 bits per heavy atom. The second kappa shape index (κ2) is 37.4. The molecule has 4 saturated heterocycles. The molecular formula is C79H101B2N6O17PSi2. The smallest absolute Gasteiger partial charge is 0.0849 e. The molecular weight excluding hydrogens is 1410 g/mol. The van der Waals surface area contributed by atoms with Crippen LogP contribution in [-0.2, 0) is 81.9 Å². The zero-order valence-electron chi connectivity index (χ0n) is 63.3. The van der Waals surface area contributed by atoms with Crippen LogP contribution in [0.25, 0.3) is 20.9 Å². The van der Waals surface area contributed by atoms with Gasteiger partial charge in [-0.1, -0.05) is 149 Å². The van der Waals surface area contributed by atoms with E-state index in [4.69, 9.17) is 61.0 Å². The van der Waals surface area contributed by atoms with Crippen molar-refractivity contribution < 1.29 is 80.0 Å². The van der Waals surface area contributed by atoms with E-state index in [1.54, 1.807) is 37.3 Å². The van der Waals surface area contributed by atoms with Gasteiger partial charge in [-0.05, 0) is 51.5 Å². The van der Waals surface area contributed by atoms with Crippen molar-refractivity contribution in [3.8, 4) is 0 Å². The summed E-state index contributed by atoms with van der Waals surface area (Å²) in [4.78, 5) is 47.5. The third kappa shape index (κ3) is 19.1. The minimum absolute atomic E-state index is 0.0405. The third-order valence-corrected chi connectivity index (χ3v) is 33.1. The monoisotopic (exact) mass is 1510 g/mol. The first-order valence-electron chi connectivity index (χ1n) is 36.9. The van der Waals surface area contributed by atoms with Crippen molar-refractivity contribution in [2.24, 2.45) is 33.9 Å². The minimum atomic E-state index is -3.45. The summed E-state index contributed by atoms with van der Waals surface area (Å²) in [6.07, 6.45) is -14.2. The van der Waals surface area contributed by atoms with E-state index in [-0.39, 0.29) is 59.2 Å². The minimum Gasteiger partial charge on any atom is -0.0849 e. The quantitative estimate of drug-likeness (QED) is 0.00770. The van der Waals surface area contributed by atoms with Gasteiger partial charge in [-0.25, -0.2) is 0 Å². The molecule has 4 fully saturated rings. The number of rotatable bonds is 30. The van der Waals surface area contributed by atoms with Gasteiger partial charge in [0, 0.05) is 17.8 Å². The van der Waals surface area contributed by atoms with Crippen molar-refractivity contribution in [2.45, 2.75) is 204 Å². The summed E-state index contributed by atoms with van der Waals surface area (Å²) < 4.78 is 103. The predicted octanol–water partition coefficient (Wildman–Crippen LogP) is 11.5. The van der Waals surface area contributed by atoms with Gasteiger partial charge < -0.3 is 28.1 Å². The summed E-state index contributed by atoms with van der Waals surface area (Å²) in [6.45, 7) is 24.8. The Morgan fingerprint density at radius 2 is 0.888 bits per heavy atom. The normalized spacial score (nSPS) is 29.1. The molecule has 0 spiro atoms. The van der Waals surface area contributed by atoms with Crippen LogP contribution in [0.1, 0.15) is 106 Å². The van der Waals surface area contributed by atoms with E-state index in [1.807, 2.05) is 131 Å². The first-order chi connectivity index (χ1) is 51.3. The molecule has 6 aromatic carbocycles. The first kappa shape index (κ1) is 82.2. The predicted molar refractivity (Wildman–Crippen MR) is 414 cm³/mol. The van der Waals surface area contributed by atoms with Crippen molar-refractivity contribution in [1.82, 2.24) is 0 Å². The molecule has 107 heavy (non-hydrogen) atoms. The molecule has 23 nitrogen and oxygen atoms in total. The molecule has 21 atom stereocenters. The summed E-state index contributed by atoms with van der Waals surface area (Å²) >= 11 is 0. The van der Waals surface area contributed by atoms with Crippen molar-refractivity contribution in [3.05, 3.63) is 214 Å². The van der Waals surface area contributed by atoms with Gasteiger partial charge in [0.1, 0.15) is 24.9 Å². The fourth-order valence-corrected chi connectivity index (χ4v) is 26.3. The fourth-order valence-electron chi connectivity index (χ4n) is 15.7. The molecule has 568 valence electrons. The molecule has 0 radical (unpaired) electrons. The van der Waals surface area contributed by atoms with Crippen LogP contribution in [0, 0.1) is 23.7 Å². The Hall–Kier alpha value is -7.26. The van der Waals surface area contributed by atoms with E-state index >= 15 is 0 Å². The summed E-state index contributed by atoms with van der Waals surface area (Å²) in [5, 5.41) is 11.9. The van der Waals surface area contributed by atoms with Crippen LogP contribution in [0.4, 0.5) is 0 Å². The molecule has 4 heterocycles. The third-order valence-electron chi connectivity index (χ3n) is 21.3. The molecule has 28 heteroatoms. The van der Waals surface area contributed by atoms with E-state index in [9.17, 15) is 30.2 Å². The number of ether oxygens (including phenoxy) is 11. The van der Waals surface area contributed by atoms with Gasteiger partial charge in [0.25, 0.3) is 8.32 Å².